The molecule has 0 aliphatic carbocycles. The molecule has 5 heteroatoms. The third-order valence-electron chi connectivity index (χ3n) is 2.71. The largest absolute Gasteiger partial charge is 0.491 e. The zero-order chi connectivity index (χ0) is 14.2. The summed E-state index contributed by atoms with van der Waals surface area (Å²) < 4.78 is 5.43. The first-order chi connectivity index (χ1) is 9.79. The number of amides is 1. The fraction of sp³-hybridized carbons (Fsp3) is 0.267. The number of hydrogen-bond donors (Lipinski definition) is 2. The Labute approximate surface area is 122 Å². The number of aliphatic hydroxyl groups is 1. The van der Waals surface area contributed by atoms with Gasteiger partial charge in [-0.1, -0.05) is 24.3 Å². The molecule has 2 rings (SSSR count). The van der Waals surface area contributed by atoms with Gasteiger partial charge < -0.3 is 15.2 Å². The number of rotatable bonds is 7. The van der Waals surface area contributed by atoms with Crippen molar-refractivity contribution >= 4 is 17.2 Å². The number of para-hydroxylation sites is 1. The number of carbonyl (C=O) groups is 1. The zero-order valence-corrected chi connectivity index (χ0v) is 11.9. The molecule has 106 valence electrons. The first kappa shape index (κ1) is 14.6. The predicted octanol–water partition coefficient (Wildman–Crippen LogP) is 1.98. The number of ether oxygens (including phenoxy) is 1. The van der Waals surface area contributed by atoms with Gasteiger partial charge in [-0.3, -0.25) is 4.79 Å². The van der Waals surface area contributed by atoms with Gasteiger partial charge in [-0.25, -0.2) is 0 Å². The average molecular weight is 291 g/mol. The van der Waals surface area contributed by atoms with Gasteiger partial charge in [-0.2, -0.15) is 0 Å². The Hall–Kier alpha value is -1.85. The number of thiophene rings is 1. The number of benzene rings is 1. The Balaban J connectivity index is 1.88. The van der Waals surface area contributed by atoms with E-state index >= 15 is 0 Å². The van der Waals surface area contributed by atoms with E-state index in [1.807, 2.05) is 41.8 Å². The molecule has 0 aliphatic rings. The fourth-order valence-corrected chi connectivity index (χ4v) is 2.48. The number of carbonyl (C=O) groups excluding carboxylic acids is 1. The standard InChI is InChI=1S/C15H17NO3S/c17-7-8-19-14-6-2-1-4-12(14)11-16-15(18)10-13-5-3-9-20-13/h1-6,9,17H,7-8,10-11H2,(H,16,18). The van der Waals surface area contributed by atoms with Crippen LogP contribution >= 0.6 is 11.3 Å². The van der Waals surface area contributed by atoms with Gasteiger partial charge in [0, 0.05) is 17.0 Å². The monoisotopic (exact) mass is 291 g/mol. The molecule has 0 aliphatic heterocycles. The smallest absolute Gasteiger partial charge is 0.225 e. The van der Waals surface area contributed by atoms with Gasteiger partial charge in [0.15, 0.2) is 0 Å². The summed E-state index contributed by atoms with van der Waals surface area (Å²) in [5.41, 5.74) is 0.903. The van der Waals surface area contributed by atoms with E-state index in [1.54, 1.807) is 11.3 Å². The van der Waals surface area contributed by atoms with E-state index in [9.17, 15) is 4.79 Å². The van der Waals surface area contributed by atoms with Crippen molar-refractivity contribution in [1.82, 2.24) is 5.32 Å². The van der Waals surface area contributed by atoms with E-state index in [1.165, 1.54) is 0 Å². The van der Waals surface area contributed by atoms with Gasteiger partial charge in [0.25, 0.3) is 0 Å². The first-order valence-corrected chi connectivity index (χ1v) is 7.28. The van der Waals surface area contributed by atoms with Gasteiger partial charge in [-0.05, 0) is 17.5 Å². The van der Waals surface area contributed by atoms with Gasteiger partial charge in [0.1, 0.15) is 12.4 Å². The lowest BCUT2D eigenvalue weighted by Crippen LogP contribution is -2.24. The van der Waals surface area contributed by atoms with Crippen LogP contribution in [0.4, 0.5) is 0 Å². The van der Waals surface area contributed by atoms with Crippen LogP contribution in [0.1, 0.15) is 10.4 Å². The molecule has 0 spiro atoms. The van der Waals surface area contributed by atoms with Crippen molar-refractivity contribution < 1.29 is 14.6 Å². The molecule has 1 amide bonds. The molecule has 0 atom stereocenters. The maximum atomic E-state index is 11.8. The van der Waals surface area contributed by atoms with Crippen molar-refractivity contribution in [2.45, 2.75) is 13.0 Å². The molecule has 0 radical (unpaired) electrons. The Morgan fingerprint density at radius 3 is 2.85 bits per heavy atom. The van der Waals surface area contributed by atoms with Crippen LogP contribution in [0.5, 0.6) is 5.75 Å². The van der Waals surface area contributed by atoms with E-state index in [0.717, 1.165) is 10.4 Å². The Kier molecular flexibility index (Phi) is 5.58. The molecule has 4 nitrogen and oxygen atoms in total. The minimum atomic E-state index is -0.0287. The molecule has 0 unspecified atom stereocenters. The van der Waals surface area contributed by atoms with Crippen LogP contribution < -0.4 is 10.1 Å². The second-order valence-electron chi connectivity index (χ2n) is 4.21. The SMILES string of the molecule is O=C(Cc1cccs1)NCc1ccccc1OCCO. The summed E-state index contributed by atoms with van der Waals surface area (Å²) in [5.74, 6) is 0.683. The van der Waals surface area contributed by atoms with Gasteiger partial charge in [0.05, 0.1) is 13.0 Å². The summed E-state index contributed by atoms with van der Waals surface area (Å²) in [6.07, 6.45) is 0.400. The first-order valence-electron chi connectivity index (χ1n) is 6.40. The van der Waals surface area contributed by atoms with Crippen LogP contribution in [0.3, 0.4) is 0 Å². The predicted molar refractivity (Wildman–Crippen MR) is 78.9 cm³/mol. The van der Waals surface area contributed by atoms with E-state index in [2.05, 4.69) is 5.32 Å². The highest BCUT2D eigenvalue weighted by atomic mass is 32.1. The summed E-state index contributed by atoms with van der Waals surface area (Å²) in [6, 6.07) is 11.4. The topological polar surface area (TPSA) is 58.6 Å². The third-order valence-corrected chi connectivity index (χ3v) is 3.59. The summed E-state index contributed by atoms with van der Waals surface area (Å²) in [6.45, 7) is 0.644. The van der Waals surface area contributed by atoms with Crippen LogP contribution in [0.25, 0.3) is 0 Å². The lowest BCUT2D eigenvalue weighted by molar-refractivity contribution is -0.120. The number of hydrogen-bond acceptors (Lipinski definition) is 4. The second kappa shape index (κ2) is 7.67. The minimum absolute atomic E-state index is 0.00980. The molecule has 0 fully saturated rings. The van der Waals surface area contributed by atoms with Crippen molar-refractivity contribution in [1.29, 1.82) is 0 Å². The maximum absolute atomic E-state index is 11.8. The molecule has 1 aromatic heterocycles. The number of aliphatic hydroxyl groups excluding tert-OH is 1. The van der Waals surface area contributed by atoms with Crippen LogP contribution in [0.2, 0.25) is 0 Å². The molecule has 0 saturated heterocycles. The normalized spacial score (nSPS) is 10.2. The highest BCUT2D eigenvalue weighted by molar-refractivity contribution is 7.10. The van der Waals surface area contributed by atoms with E-state index < -0.39 is 0 Å². The molecule has 20 heavy (non-hydrogen) atoms. The third kappa shape index (κ3) is 4.36. The molecular formula is C15H17NO3S. The van der Waals surface area contributed by atoms with Crippen LogP contribution in [0.15, 0.2) is 41.8 Å². The molecule has 0 bridgehead atoms. The van der Waals surface area contributed by atoms with Crippen molar-refractivity contribution in [3.63, 3.8) is 0 Å². The fourth-order valence-electron chi connectivity index (χ4n) is 1.77. The van der Waals surface area contributed by atoms with Crippen molar-refractivity contribution in [2.24, 2.45) is 0 Å². The molecule has 2 N–H and O–H groups in total. The summed E-state index contributed by atoms with van der Waals surface area (Å²) >= 11 is 1.57. The highest BCUT2D eigenvalue weighted by Crippen LogP contribution is 2.17. The van der Waals surface area contributed by atoms with E-state index in [4.69, 9.17) is 9.84 Å². The van der Waals surface area contributed by atoms with E-state index in [-0.39, 0.29) is 19.1 Å². The molecule has 1 aromatic carbocycles. The minimum Gasteiger partial charge on any atom is -0.491 e. The van der Waals surface area contributed by atoms with Gasteiger partial charge in [-0.15, -0.1) is 11.3 Å². The maximum Gasteiger partial charge on any atom is 0.225 e. The summed E-state index contributed by atoms with van der Waals surface area (Å²) in [4.78, 5) is 12.9. The van der Waals surface area contributed by atoms with Crippen LogP contribution in [-0.4, -0.2) is 24.2 Å². The van der Waals surface area contributed by atoms with Crippen molar-refractivity contribution in [2.75, 3.05) is 13.2 Å². The zero-order valence-electron chi connectivity index (χ0n) is 11.0. The van der Waals surface area contributed by atoms with Crippen LogP contribution in [-0.2, 0) is 17.8 Å². The van der Waals surface area contributed by atoms with Crippen molar-refractivity contribution in [3.05, 3.63) is 52.2 Å². The van der Waals surface area contributed by atoms with Crippen LogP contribution in [0, 0.1) is 0 Å². The van der Waals surface area contributed by atoms with Crippen molar-refractivity contribution in [3.8, 4) is 5.75 Å². The number of nitrogens with one attached hydrogen (secondary N) is 1. The average Bonchev–Trinajstić information content (AvgIpc) is 2.96. The van der Waals surface area contributed by atoms with Gasteiger partial charge >= 0.3 is 0 Å². The Morgan fingerprint density at radius 1 is 1.25 bits per heavy atom. The molecular weight excluding hydrogens is 274 g/mol. The second-order valence-corrected chi connectivity index (χ2v) is 5.24. The highest BCUT2D eigenvalue weighted by Gasteiger charge is 2.07. The molecule has 2 aromatic rings. The summed E-state index contributed by atoms with van der Waals surface area (Å²) in [5, 5.41) is 13.6. The summed E-state index contributed by atoms with van der Waals surface area (Å²) in [7, 11) is 0. The molecule has 0 saturated carbocycles. The lowest BCUT2D eigenvalue weighted by Gasteiger charge is -2.11. The van der Waals surface area contributed by atoms with Gasteiger partial charge in [0.2, 0.25) is 5.91 Å². The Bertz CT molecular complexity index is 540. The van der Waals surface area contributed by atoms with E-state index in [0.29, 0.717) is 18.7 Å². The molecule has 1 heterocycles. The lowest BCUT2D eigenvalue weighted by atomic mass is 10.2. The Morgan fingerprint density at radius 2 is 2.10 bits per heavy atom. The quantitative estimate of drug-likeness (QED) is 0.820.